The number of hydrogen-bond acceptors (Lipinski definition) is 1. The highest BCUT2D eigenvalue weighted by atomic mass is 127. The van der Waals surface area contributed by atoms with E-state index in [4.69, 9.17) is 3.07 Å². The highest BCUT2D eigenvalue weighted by Gasteiger charge is 1.83. The van der Waals surface area contributed by atoms with E-state index in [0.29, 0.717) is 0 Å². The van der Waals surface area contributed by atoms with Gasteiger partial charge in [0.05, 0.1) is 0 Å². The maximum absolute atomic E-state index is 4.92. The van der Waals surface area contributed by atoms with Crippen LogP contribution >= 0.6 is 23.0 Å². The summed E-state index contributed by atoms with van der Waals surface area (Å²) in [6.45, 7) is 7.07. The zero-order valence-electron chi connectivity index (χ0n) is 5.59. The molecule has 0 spiro atoms. The minimum Gasteiger partial charge on any atom is -0.428 e. The van der Waals surface area contributed by atoms with Crippen molar-refractivity contribution in [1.82, 2.24) is 0 Å². The SMILES string of the molecule is C=C/C=C\C(=C/C=C)OI. The number of halogens is 1. The second-order valence-electron chi connectivity index (χ2n) is 1.48. The predicted octanol–water partition coefficient (Wildman–Crippen LogP) is 3.17. The molecule has 54 valence electrons. The first kappa shape index (κ1) is 9.49. The number of allylic oxidation sites excluding steroid dienone is 5. The molecule has 0 heterocycles. The fraction of sp³-hybridized carbons (Fsp3) is 0. The Kier molecular flexibility index (Phi) is 6.27. The summed E-state index contributed by atoms with van der Waals surface area (Å²) in [7, 11) is 0. The van der Waals surface area contributed by atoms with Crippen molar-refractivity contribution in [1.29, 1.82) is 0 Å². The molecule has 0 unspecified atom stereocenters. The molecule has 2 heteroatoms. The van der Waals surface area contributed by atoms with Crippen LogP contribution in [-0.2, 0) is 3.07 Å². The summed E-state index contributed by atoms with van der Waals surface area (Å²) >= 11 is 1.81. The molecule has 0 aromatic rings. The molecule has 0 bridgehead atoms. The van der Waals surface area contributed by atoms with Gasteiger partial charge in [0.25, 0.3) is 0 Å². The van der Waals surface area contributed by atoms with Crippen molar-refractivity contribution in [2.24, 2.45) is 0 Å². The van der Waals surface area contributed by atoms with Gasteiger partial charge in [-0.2, -0.15) is 0 Å². The van der Waals surface area contributed by atoms with Crippen LogP contribution in [0.4, 0.5) is 0 Å². The molecule has 0 amide bonds. The van der Waals surface area contributed by atoms with Gasteiger partial charge < -0.3 is 3.07 Å². The standard InChI is InChI=1S/C8H9IO/c1-3-5-7-8(10-9)6-4-2/h3-7H,1-2H2/b7-5-,8-6+. The van der Waals surface area contributed by atoms with E-state index in [2.05, 4.69) is 13.2 Å². The molecule has 0 saturated carbocycles. The van der Waals surface area contributed by atoms with Crippen LogP contribution in [0.3, 0.4) is 0 Å². The average molecular weight is 248 g/mol. The molecule has 0 atom stereocenters. The predicted molar refractivity (Wildman–Crippen MR) is 52.7 cm³/mol. The molecule has 0 radical (unpaired) electrons. The van der Waals surface area contributed by atoms with E-state index in [0.717, 1.165) is 5.76 Å². The molecule has 0 saturated heterocycles. The molecule has 1 nitrogen and oxygen atoms in total. The first-order chi connectivity index (χ1) is 4.85. The van der Waals surface area contributed by atoms with Gasteiger partial charge in [-0.05, 0) is 12.2 Å². The zero-order chi connectivity index (χ0) is 7.82. The lowest BCUT2D eigenvalue weighted by Crippen LogP contribution is -1.72. The maximum atomic E-state index is 4.92. The molecule has 0 aliphatic rings. The molecule has 0 aliphatic carbocycles. The quantitative estimate of drug-likeness (QED) is 0.422. The minimum atomic E-state index is 0.760. The Morgan fingerprint density at radius 2 is 2.00 bits per heavy atom. The first-order valence-corrected chi connectivity index (χ1v) is 3.63. The van der Waals surface area contributed by atoms with Crippen molar-refractivity contribution < 1.29 is 3.07 Å². The number of rotatable bonds is 4. The zero-order valence-corrected chi connectivity index (χ0v) is 7.74. The lowest BCUT2D eigenvalue weighted by atomic mass is 10.4. The summed E-state index contributed by atoms with van der Waals surface area (Å²) in [5.74, 6) is 0.760. The fourth-order valence-corrected chi connectivity index (χ4v) is 0.680. The third-order valence-corrected chi connectivity index (χ3v) is 1.28. The van der Waals surface area contributed by atoms with Gasteiger partial charge in [-0.3, -0.25) is 0 Å². The minimum absolute atomic E-state index is 0.760. The van der Waals surface area contributed by atoms with Crippen LogP contribution in [0.5, 0.6) is 0 Å². The Bertz CT molecular complexity index is 168. The summed E-state index contributed by atoms with van der Waals surface area (Å²) in [4.78, 5) is 0. The van der Waals surface area contributed by atoms with Crippen molar-refractivity contribution in [2.75, 3.05) is 0 Å². The van der Waals surface area contributed by atoms with Crippen molar-refractivity contribution in [2.45, 2.75) is 0 Å². The summed E-state index contributed by atoms with van der Waals surface area (Å²) in [6, 6.07) is 0. The Labute approximate surface area is 75.5 Å². The molecule has 0 fully saturated rings. The second kappa shape index (κ2) is 6.61. The van der Waals surface area contributed by atoms with Gasteiger partial charge >= 0.3 is 0 Å². The molecule has 10 heavy (non-hydrogen) atoms. The molecular formula is C8H9IO. The third kappa shape index (κ3) is 4.38. The second-order valence-corrected chi connectivity index (χ2v) is 1.92. The monoisotopic (exact) mass is 248 g/mol. The molecule has 0 N–H and O–H groups in total. The molecular weight excluding hydrogens is 239 g/mol. The Morgan fingerprint density at radius 3 is 2.40 bits per heavy atom. The van der Waals surface area contributed by atoms with Crippen LogP contribution in [0, 0.1) is 0 Å². The van der Waals surface area contributed by atoms with Gasteiger partial charge in [0, 0.05) is 0 Å². The summed E-state index contributed by atoms with van der Waals surface area (Å²) in [6.07, 6.45) is 8.73. The van der Waals surface area contributed by atoms with E-state index < -0.39 is 0 Å². The average Bonchev–Trinajstić information content (AvgIpc) is 1.98. The molecule has 0 aliphatic heterocycles. The third-order valence-electron chi connectivity index (χ3n) is 0.768. The van der Waals surface area contributed by atoms with Crippen LogP contribution < -0.4 is 0 Å². The van der Waals surface area contributed by atoms with E-state index >= 15 is 0 Å². The van der Waals surface area contributed by atoms with E-state index in [-0.39, 0.29) is 0 Å². The van der Waals surface area contributed by atoms with Gasteiger partial charge in [0.1, 0.15) is 5.76 Å². The topological polar surface area (TPSA) is 9.23 Å². The van der Waals surface area contributed by atoms with Gasteiger partial charge in [0.2, 0.25) is 0 Å². The van der Waals surface area contributed by atoms with Crippen LogP contribution in [0.25, 0.3) is 0 Å². The van der Waals surface area contributed by atoms with Crippen LogP contribution in [0.2, 0.25) is 0 Å². The summed E-state index contributed by atoms with van der Waals surface area (Å²) in [5, 5.41) is 0. The summed E-state index contributed by atoms with van der Waals surface area (Å²) in [5.41, 5.74) is 0. The Balaban J connectivity index is 4.06. The van der Waals surface area contributed by atoms with Gasteiger partial charge in [-0.15, -0.1) is 0 Å². The summed E-state index contributed by atoms with van der Waals surface area (Å²) < 4.78 is 4.92. The van der Waals surface area contributed by atoms with Gasteiger partial charge in [-0.1, -0.05) is 31.4 Å². The van der Waals surface area contributed by atoms with Crippen LogP contribution in [-0.4, -0.2) is 0 Å². The smallest absolute Gasteiger partial charge is 0.192 e. The van der Waals surface area contributed by atoms with E-state index in [1.165, 1.54) is 0 Å². The maximum Gasteiger partial charge on any atom is 0.192 e. The molecule has 0 rings (SSSR count). The lowest BCUT2D eigenvalue weighted by Gasteiger charge is -1.92. The highest BCUT2D eigenvalue weighted by Crippen LogP contribution is 2.04. The highest BCUT2D eigenvalue weighted by molar-refractivity contribution is 14.1. The van der Waals surface area contributed by atoms with Crippen LogP contribution in [0.15, 0.2) is 49.3 Å². The van der Waals surface area contributed by atoms with Gasteiger partial charge in [0.15, 0.2) is 23.0 Å². The Morgan fingerprint density at radius 1 is 1.30 bits per heavy atom. The van der Waals surface area contributed by atoms with E-state index in [1.807, 2.05) is 23.0 Å². The van der Waals surface area contributed by atoms with Crippen molar-refractivity contribution in [3.8, 4) is 0 Å². The van der Waals surface area contributed by atoms with Crippen LogP contribution in [0.1, 0.15) is 0 Å². The van der Waals surface area contributed by atoms with Crippen molar-refractivity contribution in [3.05, 3.63) is 49.3 Å². The number of hydrogen-bond donors (Lipinski definition) is 0. The Hall–Kier alpha value is -0.510. The van der Waals surface area contributed by atoms with Gasteiger partial charge in [-0.25, -0.2) is 0 Å². The normalized spacial score (nSPS) is 11.5. The van der Waals surface area contributed by atoms with Crippen molar-refractivity contribution in [3.63, 3.8) is 0 Å². The largest absolute Gasteiger partial charge is 0.428 e. The fourth-order valence-electron chi connectivity index (χ4n) is 0.386. The molecule has 0 aromatic carbocycles. The van der Waals surface area contributed by atoms with E-state index in [1.54, 1.807) is 30.4 Å². The van der Waals surface area contributed by atoms with Crippen molar-refractivity contribution >= 4 is 23.0 Å². The molecule has 0 aromatic heterocycles. The van der Waals surface area contributed by atoms with E-state index in [9.17, 15) is 0 Å². The first-order valence-electron chi connectivity index (χ1n) is 2.75. The lowest BCUT2D eigenvalue weighted by molar-refractivity contribution is 0.588.